The number of amides is 3. The van der Waals surface area contributed by atoms with E-state index in [4.69, 9.17) is 4.74 Å². The molecule has 1 heterocycles. The van der Waals surface area contributed by atoms with Crippen molar-refractivity contribution in [1.29, 1.82) is 0 Å². The van der Waals surface area contributed by atoms with Crippen LogP contribution in [0.15, 0.2) is 60.7 Å². The third-order valence-corrected chi connectivity index (χ3v) is 6.60. The van der Waals surface area contributed by atoms with Gasteiger partial charge in [-0.25, -0.2) is 4.79 Å². The second-order valence-electron chi connectivity index (χ2n) is 8.73. The number of esters is 1. The molecule has 0 aromatic heterocycles. The number of ether oxygens (including phenoxy) is 1. The zero-order chi connectivity index (χ0) is 24.0. The first-order valence-electron chi connectivity index (χ1n) is 11.7. The summed E-state index contributed by atoms with van der Waals surface area (Å²) in [7, 11) is 1.70. The summed E-state index contributed by atoms with van der Waals surface area (Å²) in [5.41, 5.74) is 0.254. The molecule has 0 unspecified atom stereocenters. The van der Waals surface area contributed by atoms with Gasteiger partial charge in [0.1, 0.15) is 0 Å². The van der Waals surface area contributed by atoms with Gasteiger partial charge in [0.05, 0.1) is 18.7 Å². The van der Waals surface area contributed by atoms with Gasteiger partial charge in [-0.3, -0.25) is 14.5 Å². The lowest BCUT2D eigenvalue weighted by Crippen LogP contribution is -2.52. The normalized spacial score (nSPS) is 19.9. The molecule has 0 bridgehead atoms. The summed E-state index contributed by atoms with van der Waals surface area (Å²) in [5, 5.41) is 0. The van der Waals surface area contributed by atoms with Crippen molar-refractivity contribution in [1.82, 2.24) is 9.80 Å². The van der Waals surface area contributed by atoms with Gasteiger partial charge in [-0.2, -0.15) is 0 Å². The first-order valence-corrected chi connectivity index (χ1v) is 11.7. The number of rotatable bonds is 9. The maximum atomic E-state index is 14.4. The van der Waals surface area contributed by atoms with Gasteiger partial charge in [0.15, 0.2) is 5.41 Å². The number of likely N-dealkylation sites (N-methyl/N-ethyl adjacent to an activating group) is 1. The summed E-state index contributed by atoms with van der Waals surface area (Å²) < 4.78 is 5.48. The highest BCUT2D eigenvalue weighted by atomic mass is 16.5. The van der Waals surface area contributed by atoms with E-state index in [1.54, 1.807) is 18.9 Å². The minimum atomic E-state index is -1.47. The zero-order valence-electron chi connectivity index (χ0n) is 20.0. The van der Waals surface area contributed by atoms with Crippen molar-refractivity contribution in [3.8, 4) is 0 Å². The Morgan fingerprint density at radius 2 is 1.61 bits per heavy atom. The number of imide groups is 1. The lowest BCUT2D eigenvalue weighted by Gasteiger charge is -2.35. The molecule has 1 saturated heterocycles. The van der Waals surface area contributed by atoms with Crippen LogP contribution in [-0.2, 0) is 20.7 Å². The van der Waals surface area contributed by atoms with Crippen LogP contribution in [0.5, 0.6) is 0 Å². The minimum absolute atomic E-state index is 0.168. The number of urea groups is 1. The van der Waals surface area contributed by atoms with Crippen LogP contribution in [-0.4, -0.2) is 47.4 Å². The number of hydrogen-bond donors (Lipinski definition) is 0. The second-order valence-corrected chi connectivity index (χ2v) is 8.73. The number of carbonyl (C=O) groups excluding carboxylic acids is 3. The van der Waals surface area contributed by atoms with E-state index in [1.807, 2.05) is 74.5 Å². The number of hydrogen-bond acceptors (Lipinski definition) is 4. The van der Waals surface area contributed by atoms with Crippen molar-refractivity contribution < 1.29 is 19.1 Å². The van der Waals surface area contributed by atoms with E-state index < -0.39 is 23.3 Å². The van der Waals surface area contributed by atoms with Crippen LogP contribution in [0, 0.1) is 5.41 Å². The van der Waals surface area contributed by atoms with Crippen LogP contribution >= 0.6 is 0 Å². The molecular formula is C27H34N2O4. The van der Waals surface area contributed by atoms with Gasteiger partial charge in [-0.1, -0.05) is 80.4 Å². The highest BCUT2D eigenvalue weighted by Gasteiger charge is 2.55. The van der Waals surface area contributed by atoms with Crippen LogP contribution in [0.25, 0.3) is 0 Å². The molecule has 6 heteroatoms. The molecule has 3 atom stereocenters. The van der Waals surface area contributed by atoms with E-state index in [-0.39, 0.29) is 25.1 Å². The molecule has 3 amide bonds. The first-order chi connectivity index (χ1) is 15.9. The molecule has 33 heavy (non-hydrogen) atoms. The molecule has 0 aliphatic carbocycles. The SMILES string of the molecule is CCCC[C@@](Cc1ccccc1)(C(=O)OCC)C(=O)N1C(=O)N(C)[C@H](C)[C@@H]1c1ccccc1. The standard InChI is InChI=1S/C27H34N2O4/c1-5-7-18-27(25(31)33-6-2,19-21-14-10-8-11-15-21)24(30)29-23(20(3)28(4)26(29)32)22-16-12-9-13-17-22/h8-17,20,23H,5-7,18-19H2,1-4H3/t20-,23-,27+/m1/s1. The molecule has 1 aliphatic heterocycles. The fourth-order valence-corrected chi connectivity index (χ4v) is 4.64. The number of carbonyl (C=O) groups is 3. The van der Waals surface area contributed by atoms with E-state index in [1.165, 1.54) is 4.90 Å². The average molecular weight is 451 g/mol. The van der Waals surface area contributed by atoms with Gasteiger partial charge in [0, 0.05) is 7.05 Å². The molecule has 1 fully saturated rings. The summed E-state index contributed by atoms with van der Waals surface area (Å²) >= 11 is 0. The fraction of sp³-hybridized carbons (Fsp3) is 0.444. The molecule has 3 rings (SSSR count). The Morgan fingerprint density at radius 1 is 1.00 bits per heavy atom. The van der Waals surface area contributed by atoms with Crippen molar-refractivity contribution in [2.75, 3.05) is 13.7 Å². The van der Waals surface area contributed by atoms with Gasteiger partial charge >= 0.3 is 12.0 Å². The van der Waals surface area contributed by atoms with Crippen molar-refractivity contribution in [3.05, 3.63) is 71.8 Å². The van der Waals surface area contributed by atoms with Gasteiger partial charge in [0.2, 0.25) is 5.91 Å². The second kappa shape index (κ2) is 10.6. The molecule has 0 radical (unpaired) electrons. The monoisotopic (exact) mass is 450 g/mol. The Bertz CT molecular complexity index is 963. The maximum absolute atomic E-state index is 14.4. The molecule has 0 saturated carbocycles. The lowest BCUT2D eigenvalue weighted by atomic mass is 9.75. The first kappa shape index (κ1) is 24.5. The van der Waals surface area contributed by atoms with E-state index >= 15 is 0 Å². The largest absolute Gasteiger partial charge is 0.465 e. The lowest BCUT2D eigenvalue weighted by molar-refractivity contribution is -0.165. The zero-order valence-corrected chi connectivity index (χ0v) is 20.0. The Hall–Kier alpha value is -3.15. The summed E-state index contributed by atoms with van der Waals surface area (Å²) in [6.07, 6.45) is 1.99. The predicted octanol–water partition coefficient (Wildman–Crippen LogP) is 4.99. The predicted molar refractivity (Wildman–Crippen MR) is 127 cm³/mol. The Morgan fingerprint density at radius 3 is 2.18 bits per heavy atom. The van der Waals surface area contributed by atoms with Gasteiger partial charge in [0.25, 0.3) is 0 Å². The Balaban J connectivity index is 2.13. The van der Waals surface area contributed by atoms with Gasteiger partial charge in [-0.05, 0) is 37.8 Å². The third-order valence-electron chi connectivity index (χ3n) is 6.60. The van der Waals surface area contributed by atoms with Crippen molar-refractivity contribution >= 4 is 17.9 Å². The van der Waals surface area contributed by atoms with E-state index in [0.29, 0.717) is 12.8 Å². The number of nitrogens with zero attached hydrogens (tertiary/aromatic N) is 2. The summed E-state index contributed by atoms with van der Waals surface area (Å²) in [5.74, 6) is -1.04. The van der Waals surface area contributed by atoms with E-state index in [9.17, 15) is 14.4 Å². The Labute approximate surface area is 196 Å². The third kappa shape index (κ3) is 4.80. The molecule has 6 nitrogen and oxygen atoms in total. The minimum Gasteiger partial charge on any atom is -0.465 e. The van der Waals surface area contributed by atoms with Crippen molar-refractivity contribution in [3.63, 3.8) is 0 Å². The highest BCUT2D eigenvalue weighted by Crippen LogP contribution is 2.41. The molecule has 2 aromatic rings. The number of unbranched alkanes of at least 4 members (excludes halogenated alkanes) is 1. The summed E-state index contributed by atoms with van der Waals surface area (Å²) in [6, 6.07) is 17.9. The van der Waals surface area contributed by atoms with Crippen LogP contribution in [0.2, 0.25) is 0 Å². The number of benzene rings is 2. The molecule has 2 aromatic carbocycles. The fourth-order valence-electron chi connectivity index (χ4n) is 4.64. The Kier molecular flexibility index (Phi) is 7.90. The average Bonchev–Trinajstić information content (AvgIpc) is 3.06. The van der Waals surface area contributed by atoms with Gasteiger partial charge < -0.3 is 9.64 Å². The van der Waals surface area contributed by atoms with Crippen LogP contribution < -0.4 is 0 Å². The van der Waals surface area contributed by atoms with Crippen molar-refractivity contribution in [2.45, 2.75) is 58.5 Å². The van der Waals surface area contributed by atoms with Crippen molar-refractivity contribution in [2.24, 2.45) is 5.41 Å². The van der Waals surface area contributed by atoms with E-state index in [2.05, 4.69) is 0 Å². The highest BCUT2D eigenvalue weighted by molar-refractivity contribution is 6.09. The molecule has 1 aliphatic rings. The molecule has 0 N–H and O–H groups in total. The quantitative estimate of drug-likeness (QED) is 0.399. The molecule has 176 valence electrons. The van der Waals surface area contributed by atoms with Gasteiger partial charge in [-0.15, -0.1) is 0 Å². The maximum Gasteiger partial charge on any atom is 0.327 e. The summed E-state index contributed by atoms with van der Waals surface area (Å²) in [4.78, 5) is 44.1. The van der Waals surface area contributed by atoms with Crippen LogP contribution in [0.4, 0.5) is 4.79 Å². The summed E-state index contributed by atoms with van der Waals surface area (Å²) in [6.45, 7) is 5.85. The van der Waals surface area contributed by atoms with E-state index in [0.717, 1.165) is 17.5 Å². The smallest absolute Gasteiger partial charge is 0.327 e. The molecular weight excluding hydrogens is 416 g/mol. The topological polar surface area (TPSA) is 66.9 Å². The van der Waals surface area contributed by atoms with Crippen LogP contribution in [0.1, 0.15) is 57.2 Å². The molecule has 0 spiro atoms. The van der Waals surface area contributed by atoms with Crippen LogP contribution in [0.3, 0.4) is 0 Å².